The molecule has 0 atom stereocenters. The molecule has 1 N–H and O–H groups in total. The van der Waals surface area contributed by atoms with Crippen molar-refractivity contribution in [3.05, 3.63) is 79.1 Å². The molecule has 2 aromatic heterocycles. The van der Waals surface area contributed by atoms with Gasteiger partial charge in [-0.2, -0.15) is 0 Å². The first-order chi connectivity index (χ1) is 16.2. The SMILES string of the molecule is CCN(CC)c1ccc(NC(=O)CSc2nnc(-c3cccnc3)n2-c2ccccc2)cc1. The van der Waals surface area contributed by atoms with Crippen LogP contribution < -0.4 is 10.2 Å². The monoisotopic (exact) mass is 458 g/mol. The van der Waals surface area contributed by atoms with Crippen LogP contribution in [0.25, 0.3) is 17.1 Å². The first kappa shape index (κ1) is 22.5. The van der Waals surface area contributed by atoms with Crippen molar-refractivity contribution in [1.82, 2.24) is 19.7 Å². The van der Waals surface area contributed by atoms with Gasteiger partial charge >= 0.3 is 0 Å². The van der Waals surface area contributed by atoms with Crippen molar-refractivity contribution in [3.8, 4) is 17.1 Å². The van der Waals surface area contributed by atoms with Gasteiger partial charge in [0.25, 0.3) is 0 Å². The van der Waals surface area contributed by atoms with Crippen molar-refractivity contribution in [2.45, 2.75) is 19.0 Å². The Morgan fingerprint density at radius 1 is 0.970 bits per heavy atom. The van der Waals surface area contributed by atoms with E-state index in [0.29, 0.717) is 11.0 Å². The molecule has 0 spiro atoms. The Kier molecular flexibility index (Phi) is 7.36. The summed E-state index contributed by atoms with van der Waals surface area (Å²) in [7, 11) is 0. The van der Waals surface area contributed by atoms with Crippen LogP contribution in [0.5, 0.6) is 0 Å². The van der Waals surface area contributed by atoms with E-state index in [4.69, 9.17) is 0 Å². The lowest BCUT2D eigenvalue weighted by atomic mass is 10.2. The Balaban J connectivity index is 1.48. The van der Waals surface area contributed by atoms with Gasteiger partial charge in [-0.1, -0.05) is 30.0 Å². The molecule has 0 aliphatic carbocycles. The lowest BCUT2D eigenvalue weighted by Gasteiger charge is -2.21. The number of amides is 1. The second-order valence-corrected chi connectivity index (χ2v) is 8.22. The number of anilines is 2. The van der Waals surface area contributed by atoms with Crippen LogP contribution in [0, 0.1) is 0 Å². The van der Waals surface area contributed by atoms with Crippen LogP contribution in [0.1, 0.15) is 13.8 Å². The molecular formula is C25H26N6OS. The van der Waals surface area contributed by atoms with Gasteiger partial charge in [0.2, 0.25) is 5.91 Å². The number of benzene rings is 2. The summed E-state index contributed by atoms with van der Waals surface area (Å²) in [6.07, 6.45) is 3.48. The molecule has 8 heteroatoms. The largest absolute Gasteiger partial charge is 0.372 e. The number of aromatic nitrogens is 4. The third-order valence-electron chi connectivity index (χ3n) is 5.18. The third kappa shape index (κ3) is 5.40. The molecule has 0 radical (unpaired) electrons. The summed E-state index contributed by atoms with van der Waals surface area (Å²) >= 11 is 1.35. The van der Waals surface area contributed by atoms with E-state index < -0.39 is 0 Å². The molecule has 0 bridgehead atoms. The summed E-state index contributed by atoms with van der Waals surface area (Å²) in [6, 6.07) is 21.6. The topological polar surface area (TPSA) is 75.9 Å². The Labute approximate surface area is 197 Å². The molecule has 0 aliphatic rings. The van der Waals surface area contributed by atoms with E-state index in [1.54, 1.807) is 12.4 Å². The van der Waals surface area contributed by atoms with Gasteiger partial charge < -0.3 is 10.2 Å². The smallest absolute Gasteiger partial charge is 0.234 e. The van der Waals surface area contributed by atoms with Crippen LogP contribution in [0.3, 0.4) is 0 Å². The fourth-order valence-corrected chi connectivity index (χ4v) is 4.28. The molecule has 168 valence electrons. The number of carbonyl (C=O) groups excluding carboxylic acids is 1. The molecule has 0 saturated heterocycles. The van der Waals surface area contributed by atoms with Crippen LogP contribution >= 0.6 is 11.8 Å². The first-order valence-electron chi connectivity index (χ1n) is 10.9. The predicted octanol–water partition coefficient (Wildman–Crippen LogP) is 4.91. The van der Waals surface area contributed by atoms with Crippen LogP contribution in [0.2, 0.25) is 0 Å². The molecule has 0 aliphatic heterocycles. The van der Waals surface area contributed by atoms with Gasteiger partial charge in [0.1, 0.15) is 0 Å². The number of nitrogens with zero attached hydrogens (tertiary/aromatic N) is 5. The fourth-order valence-electron chi connectivity index (χ4n) is 3.53. The highest BCUT2D eigenvalue weighted by atomic mass is 32.2. The quantitative estimate of drug-likeness (QED) is 0.359. The summed E-state index contributed by atoms with van der Waals surface area (Å²) in [5.74, 6) is 0.806. The molecule has 0 fully saturated rings. The Morgan fingerprint density at radius 2 is 1.73 bits per heavy atom. The number of carbonyl (C=O) groups is 1. The number of thioether (sulfide) groups is 1. The average Bonchev–Trinajstić information content (AvgIpc) is 3.30. The summed E-state index contributed by atoms with van der Waals surface area (Å²) in [5.41, 5.74) is 3.71. The van der Waals surface area contributed by atoms with Gasteiger partial charge in [0.15, 0.2) is 11.0 Å². The molecule has 33 heavy (non-hydrogen) atoms. The van der Waals surface area contributed by atoms with E-state index in [-0.39, 0.29) is 11.7 Å². The third-order valence-corrected chi connectivity index (χ3v) is 6.11. The standard InChI is InChI=1S/C25H26N6OS/c1-3-30(4-2)21-14-12-20(13-15-21)27-23(32)18-33-25-29-28-24(19-9-8-16-26-17-19)31(25)22-10-6-5-7-11-22/h5-17H,3-4,18H2,1-2H3,(H,27,32). The van der Waals surface area contributed by atoms with E-state index >= 15 is 0 Å². The molecule has 1 amide bonds. The maximum Gasteiger partial charge on any atom is 0.234 e. The number of rotatable bonds is 9. The molecule has 2 aromatic carbocycles. The number of hydrogen-bond donors (Lipinski definition) is 1. The zero-order valence-corrected chi connectivity index (χ0v) is 19.5. The highest BCUT2D eigenvalue weighted by molar-refractivity contribution is 7.99. The van der Waals surface area contributed by atoms with E-state index in [0.717, 1.165) is 35.7 Å². The Hall–Kier alpha value is -3.65. The highest BCUT2D eigenvalue weighted by Gasteiger charge is 2.17. The predicted molar refractivity (Wildman–Crippen MR) is 134 cm³/mol. The lowest BCUT2D eigenvalue weighted by Crippen LogP contribution is -2.21. The molecule has 4 aromatic rings. The summed E-state index contributed by atoms with van der Waals surface area (Å²) in [5, 5.41) is 12.4. The first-order valence-corrected chi connectivity index (χ1v) is 11.9. The summed E-state index contributed by atoms with van der Waals surface area (Å²) < 4.78 is 1.95. The molecule has 7 nitrogen and oxygen atoms in total. The van der Waals surface area contributed by atoms with Gasteiger partial charge in [0, 0.05) is 48.1 Å². The van der Waals surface area contributed by atoms with E-state index in [1.165, 1.54) is 11.8 Å². The second-order valence-electron chi connectivity index (χ2n) is 7.27. The van der Waals surface area contributed by atoms with E-state index in [1.807, 2.05) is 71.3 Å². The summed E-state index contributed by atoms with van der Waals surface area (Å²) in [4.78, 5) is 19.1. The minimum absolute atomic E-state index is 0.0962. The second kappa shape index (κ2) is 10.8. The zero-order chi connectivity index (χ0) is 23.0. The fraction of sp³-hybridized carbons (Fsp3) is 0.200. The average molecular weight is 459 g/mol. The lowest BCUT2D eigenvalue weighted by molar-refractivity contribution is -0.113. The maximum atomic E-state index is 12.6. The molecule has 4 rings (SSSR count). The van der Waals surface area contributed by atoms with Crippen LogP contribution in [0.4, 0.5) is 11.4 Å². The molecule has 2 heterocycles. The van der Waals surface area contributed by atoms with Gasteiger partial charge in [-0.25, -0.2) is 0 Å². The van der Waals surface area contributed by atoms with Crippen molar-refractivity contribution < 1.29 is 4.79 Å². The normalized spacial score (nSPS) is 10.7. The Morgan fingerprint density at radius 3 is 2.39 bits per heavy atom. The van der Waals surface area contributed by atoms with Gasteiger partial charge in [-0.3, -0.25) is 14.3 Å². The minimum Gasteiger partial charge on any atom is -0.372 e. The maximum absolute atomic E-state index is 12.6. The minimum atomic E-state index is -0.0962. The van der Waals surface area contributed by atoms with Crippen LogP contribution in [0.15, 0.2) is 84.3 Å². The van der Waals surface area contributed by atoms with Gasteiger partial charge in [-0.15, -0.1) is 10.2 Å². The Bertz CT molecular complexity index is 1170. The van der Waals surface area contributed by atoms with Crippen molar-refractivity contribution in [2.75, 3.05) is 29.1 Å². The number of pyridine rings is 1. The van der Waals surface area contributed by atoms with Crippen LogP contribution in [-0.2, 0) is 4.79 Å². The van der Waals surface area contributed by atoms with Crippen molar-refractivity contribution >= 4 is 29.0 Å². The molecular weight excluding hydrogens is 432 g/mol. The van der Waals surface area contributed by atoms with Crippen LogP contribution in [-0.4, -0.2) is 44.5 Å². The van der Waals surface area contributed by atoms with Crippen molar-refractivity contribution in [3.63, 3.8) is 0 Å². The van der Waals surface area contributed by atoms with E-state index in [9.17, 15) is 4.79 Å². The molecule has 0 unspecified atom stereocenters. The highest BCUT2D eigenvalue weighted by Crippen LogP contribution is 2.27. The zero-order valence-electron chi connectivity index (χ0n) is 18.7. The number of para-hydroxylation sites is 1. The number of nitrogens with one attached hydrogen (secondary N) is 1. The van der Waals surface area contributed by atoms with Gasteiger partial charge in [-0.05, 0) is 62.4 Å². The summed E-state index contributed by atoms with van der Waals surface area (Å²) in [6.45, 7) is 6.15. The van der Waals surface area contributed by atoms with Gasteiger partial charge in [0.05, 0.1) is 5.75 Å². The van der Waals surface area contributed by atoms with Crippen molar-refractivity contribution in [2.24, 2.45) is 0 Å². The molecule has 0 saturated carbocycles. The number of hydrogen-bond acceptors (Lipinski definition) is 6. The van der Waals surface area contributed by atoms with Crippen molar-refractivity contribution in [1.29, 1.82) is 0 Å². The van der Waals surface area contributed by atoms with E-state index in [2.05, 4.69) is 39.2 Å².